The highest BCUT2D eigenvalue weighted by Gasteiger charge is 2.09. The molecule has 0 saturated heterocycles. The Balaban J connectivity index is 2.69. The standard InChI is InChI=1S/C11H7BrO5/c12-8-2-7-6(4-16-5-13)1-11(15)17-10(7)3-9(8)14/h1-3,5,14H,4H2. The second-order valence-corrected chi connectivity index (χ2v) is 4.15. The molecule has 0 amide bonds. The van der Waals surface area contributed by atoms with Crippen molar-refractivity contribution in [3.63, 3.8) is 0 Å². The van der Waals surface area contributed by atoms with E-state index in [-0.39, 0.29) is 17.9 Å². The van der Waals surface area contributed by atoms with E-state index >= 15 is 0 Å². The SMILES string of the molecule is O=COCc1cc(=O)oc2cc(O)c(Br)cc12. The van der Waals surface area contributed by atoms with E-state index in [4.69, 9.17) is 4.42 Å². The van der Waals surface area contributed by atoms with Crippen molar-refractivity contribution in [1.29, 1.82) is 0 Å². The van der Waals surface area contributed by atoms with Crippen molar-refractivity contribution in [1.82, 2.24) is 0 Å². The summed E-state index contributed by atoms with van der Waals surface area (Å²) in [6.45, 7) is 0.277. The predicted octanol–water partition coefficient (Wildman–Crippen LogP) is 1.93. The summed E-state index contributed by atoms with van der Waals surface area (Å²) in [5.74, 6) is -0.0332. The van der Waals surface area contributed by atoms with Gasteiger partial charge in [0.05, 0.1) is 4.47 Å². The van der Waals surface area contributed by atoms with Gasteiger partial charge in [-0.05, 0) is 22.0 Å². The van der Waals surface area contributed by atoms with E-state index in [2.05, 4.69) is 20.7 Å². The molecule has 0 unspecified atom stereocenters. The highest BCUT2D eigenvalue weighted by Crippen LogP contribution is 2.30. The first-order valence-corrected chi connectivity index (χ1v) is 5.41. The Morgan fingerprint density at radius 3 is 2.88 bits per heavy atom. The lowest BCUT2D eigenvalue weighted by molar-refractivity contribution is -0.129. The van der Waals surface area contributed by atoms with Gasteiger partial charge in [-0.25, -0.2) is 4.79 Å². The third-order valence-corrected chi connectivity index (χ3v) is 2.84. The molecule has 0 aliphatic heterocycles. The van der Waals surface area contributed by atoms with Crippen molar-refractivity contribution >= 4 is 33.4 Å². The normalized spacial score (nSPS) is 10.4. The van der Waals surface area contributed by atoms with Gasteiger partial charge in [0.25, 0.3) is 6.47 Å². The lowest BCUT2D eigenvalue weighted by atomic mass is 10.1. The molecular weight excluding hydrogens is 292 g/mol. The van der Waals surface area contributed by atoms with Gasteiger partial charge in [0.15, 0.2) is 0 Å². The molecule has 88 valence electrons. The van der Waals surface area contributed by atoms with Crippen molar-refractivity contribution in [2.45, 2.75) is 6.61 Å². The van der Waals surface area contributed by atoms with Crippen LogP contribution in [0.3, 0.4) is 0 Å². The molecule has 0 atom stereocenters. The van der Waals surface area contributed by atoms with Crippen molar-refractivity contribution < 1.29 is 19.1 Å². The molecule has 0 radical (unpaired) electrons. The van der Waals surface area contributed by atoms with Crippen LogP contribution in [0.15, 0.2) is 31.9 Å². The molecule has 1 aromatic carbocycles. The molecule has 0 fully saturated rings. The average Bonchev–Trinajstić information content (AvgIpc) is 2.28. The van der Waals surface area contributed by atoms with Crippen LogP contribution in [0.2, 0.25) is 0 Å². The van der Waals surface area contributed by atoms with Crippen LogP contribution in [-0.4, -0.2) is 11.6 Å². The monoisotopic (exact) mass is 298 g/mol. The first-order valence-electron chi connectivity index (χ1n) is 4.62. The van der Waals surface area contributed by atoms with Crippen LogP contribution in [0.4, 0.5) is 0 Å². The highest BCUT2D eigenvalue weighted by atomic mass is 79.9. The first-order chi connectivity index (χ1) is 8.11. The third-order valence-electron chi connectivity index (χ3n) is 2.20. The first kappa shape index (κ1) is 11.7. The summed E-state index contributed by atoms with van der Waals surface area (Å²) in [6, 6.07) is 4.16. The lowest BCUT2D eigenvalue weighted by Crippen LogP contribution is -2.02. The Bertz CT molecular complexity index is 632. The van der Waals surface area contributed by atoms with Crippen LogP contribution in [0.1, 0.15) is 5.56 Å². The minimum absolute atomic E-state index is 0.0250. The van der Waals surface area contributed by atoms with Crippen molar-refractivity contribution in [2.75, 3.05) is 0 Å². The maximum absolute atomic E-state index is 11.3. The summed E-state index contributed by atoms with van der Waals surface area (Å²) in [6.07, 6.45) is 0. The number of aromatic hydroxyl groups is 1. The summed E-state index contributed by atoms with van der Waals surface area (Å²) in [5.41, 5.74) is 0.190. The topological polar surface area (TPSA) is 76.7 Å². The molecule has 5 nitrogen and oxygen atoms in total. The zero-order chi connectivity index (χ0) is 12.4. The summed E-state index contributed by atoms with van der Waals surface area (Å²) in [5, 5.41) is 10.1. The molecule has 1 aromatic heterocycles. The predicted molar refractivity (Wildman–Crippen MR) is 62.7 cm³/mol. The fraction of sp³-hybridized carbons (Fsp3) is 0.0909. The van der Waals surface area contributed by atoms with Gasteiger partial charge in [-0.2, -0.15) is 0 Å². The molecule has 0 aliphatic rings. The fourth-order valence-electron chi connectivity index (χ4n) is 1.48. The van der Waals surface area contributed by atoms with Crippen molar-refractivity contribution in [3.05, 3.63) is 38.7 Å². The number of carbonyl (C=O) groups is 1. The van der Waals surface area contributed by atoms with Gasteiger partial charge in [0, 0.05) is 23.1 Å². The maximum Gasteiger partial charge on any atom is 0.336 e. The zero-order valence-electron chi connectivity index (χ0n) is 8.47. The van der Waals surface area contributed by atoms with E-state index < -0.39 is 5.63 Å². The van der Waals surface area contributed by atoms with Crippen LogP contribution in [-0.2, 0) is 16.1 Å². The Morgan fingerprint density at radius 2 is 2.18 bits per heavy atom. The van der Waals surface area contributed by atoms with Crippen LogP contribution in [0.25, 0.3) is 11.0 Å². The molecule has 2 rings (SSSR count). The number of hydrogen-bond acceptors (Lipinski definition) is 5. The number of phenols is 1. The molecule has 1 N–H and O–H groups in total. The van der Waals surface area contributed by atoms with Crippen LogP contribution in [0.5, 0.6) is 5.75 Å². The third kappa shape index (κ3) is 2.31. The van der Waals surface area contributed by atoms with Gasteiger partial charge in [0.1, 0.15) is 17.9 Å². The van der Waals surface area contributed by atoms with Gasteiger partial charge in [0.2, 0.25) is 0 Å². The molecular formula is C11H7BrO5. The van der Waals surface area contributed by atoms with Gasteiger partial charge < -0.3 is 14.3 Å². The molecule has 0 bridgehead atoms. The zero-order valence-corrected chi connectivity index (χ0v) is 10.1. The second-order valence-electron chi connectivity index (χ2n) is 3.30. The summed E-state index contributed by atoms with van der Waals surface area (Å²) >= 11 is 3.16. The summed E-state index contributed by atoms with van der Waals surface area (Å²) < 4.78 is 10.0. The Kier molecular flexibility index (Phi) is 3.14. The van der Waals surface area contributed by atoms with Crippen molar-refractivity contribution in [2.24, 2.45) is 0 Å². The Hall–Kier alpha value is -1.82. The van der Waals surface area contributed by atoms with Crippen LogP contribution in [0, 0.1) is 0 Å². The smallest absolute Gasteiger partial charge is 0.336 e. The number of hydrogen-bond donors (Lipinski definition) is 1. The van der Waals surface area contributed by atoms with Gasteiger partial charge in [-0.15, -0.1) is 0 Å². The molecule has 17 heavy (non-hydrogen) atoms. The van der Waals surface area contributed by atoms with E-state index in [9.17, 15) is 14.7 Å². The van der Waals surface area contributed by atoms with E-state index in [1.54, 1.807) is 6.07 Å². The summed E-state index contributed by atoms with van der Waals surface area (Å²) in [4.78, 5) is 21.4. The average molecular weight is 299 g/mol. The Labute approximate surface area is 104 Å². The number of carbonyl (C=O) groups excluding carboxylic acids is 1. The van der Waals surface area contributed by atoms with Gasteiger partial charge in [-0.1, -0.05) is 0 Å². The van der Waals surface area contributed by atoms with Crippen LogP contribution >= 0.6 is 15.9 Å². The molecule has 1 heterocycles. The van der Waals surface area contributed by atoms with Crippen LogP contribution < -0.4 is 5.63 Å². The van der Waals surface area contributed by atoms with E-state index in [0.717, 1.165) is 0 Å². The molecule has 0 spiro atoms. The van der Waals surface area contributed by atoms with Gasteiger partial charge >= 0.3 is 5.63 Å². The maximum atomic E-state index is 11.3. The number of ether oxygens (including phenoxy) is 1. The highest BCUT2D eigenvalue weighted by molar-refractivity contribution is 9.10. The number of rotatable bonds is 3. The quantitative estimate of drug-likeness (QED) is 0.692. The molecule has 0 aliphatic carbocycles. The van der Waals surface area contributed by atoms with Crippen molar-refractivity contribution in [3.8, 4) is 5.75 Å². The molecule has 0 saturated carbocycles. The Morgan fingerprint density at radius 1 is 1.41 bits per heavy atom. The second kappa shape index (κ2) is 4.58. The summed E-state index contributed by atoms with van der Waals surface area (Å²) in [7, 11) is 0. The fourth-order valence-corrected chi connectivity index (χ4v) is 1.82. The molecule has 6 heteroatoms. The molecule has 2 aromatic rings. The number of benzene rings is 1. The number of fused-ring (bicyclic) bond motifs is 1. The lowest BCUT2D eigenvalue weighted by Gasteiger charge is -2.05. The van der Waals surface area contributed by atoms with E-state index in [0.29, 0.717) is 21.9 Å². The van der Waals surface area contributed by atoms with E-state index in [1.165, 1.54) is 12.1 Å². The minimum atomic E-state index is -0.566. The largest absolute Gasteiger partial charge is 0.507 e. The van der Waals surface area contributed by atoms with Gasteiger partial charge in [-0.3, -0.25) is 4.79 Å². The number of halogens is 1. The van der Waals surface area contributed by atoms with E-state index in [1.807, 2.05) is 0 Å². The number of phenolic OH excluding ortho intramolecular Hbond substituents is 1. The minimum Gasteiger partial charge on any atom is -0.507 e.